The second-order valence-electron chi connectivity index (χ2n) is 6.26. The van der Waals surface area contributed by atoms with Gasteiger partial charge in [-0.25, -0.2) is 0 Å². The molecule has 1 fully saturated rings. The lowest BCUT2D eigenvalue weighted by atomic mass is 9.89. The highest BCUT2D eigenvalue weighted by atomic mass is 16.5. The van der Waals surface area contributed by atoms with E-state index in [1.54, 1.807) is 0 Å². The molecule has 2 heteroatoms. The van der Waals surface area contributed by atoms with Gasteiger partial charge in [0.2, 0.25) is 0 Å². The minimum Gasteiger partial charge on any atom is -0.367 e. The van der Waals surface area contributed by atoms with Crippen molar-refractivity contribution in [2.24, 2.45) is 5.92 Å². The molecule has 0 atom stereocenters. The lowest BCUT2D eigenvalue weighted by Gasteiger charge is -2.27. The summed E-state index contributed by atoms with van der Waals surface area (Å²) in [7, 11) is 0. The fraction of sp³-hybridized carbons (Fsp3) is 0.611. The summed E-state index contributed by atoms with van der Waals surface area (Å²) >= 11 is 0. The Labute approximate surface area is 122 Å². The Bertz CT molecular complexity index is 456. The van der Waals surface area contributed by atoms with Crippen molar-refractivity contribution in [3.8, 4) is 0 Å². The third-order valence-electron chi connectivity index (χ3n) is 4.08. The second kappa shape index (κ2) is 6.53. The molecule has 2 rings (SSSR count). The number of ether oxygens (including phenoxy) is 1. The largest absolute Gasteiger partial charge is 0.367 e. The average Bonchev–Trinajstić information content (AvgIpc) is 2.87. The molecule has 0 radical (unpaired) electrons. The van der Waals surface area contributed by atoms with E-state index in [9.17, 15) is 4.79 Å². The van der Waals surface area contributed by atoms with Crippen LogP contribution in [0.15, 0.2) is 24.3 Å². The van der Waals surface area contributed by atoms with Gasteiger partial charge < -0.3 is 4.74 Å². The molecule has 20 heavy (non-hydrogen) atoms. The first-order chi connectivity index (χ1) is 9.57. The molecule has 0 aliphatic heterocycles. The summed E-state index contributed by atoms with van der Waals surface area (Å²) < 4.78 is 5.88. The van der Waals surface area contributed by atoms with Gasteiger partial charge in [-0.1, -0.05) is 32.0 Å². The maximum Gasteiger partial charge on any atom is 0.194 e. The molecule has 2 nitrogen and oxygen atoms in total. The summed E-state index contributed by atoms with van der Waals surface area (Å²) in [5.41, 5.74) is 1.51. The van der Waals surface area contributed by atoms with Gasteiger partial charge in [0.1, 0.15) is 5.60 Å². The molecule has 0 unspecified atom stereocenters. The number of benzene rings is 1. The molecule has 0 spiro atoms. The summed E-state index contributed by atoms with van der Waals surface area (Å²) in [5, 5.41) is 0. The molecule has 110 valence electrons. The van der Waals surface area contributed by atoms with Gasteiger partial charge in [0.25, 0.3) is 0 Å². The zero-order valence-corrected chi connectivity index (χ0v) is 12.9. The van der Waals surface area contributed by atoms with E-state index in [0.717, 1.165) is 37.7 Å². The number of hydrogen-bond acceptors (Lipinski definition) is 2. The van der Waals surface area contributed by atoms with Crippen LogP contribution in [0.2, 0.25) is 0 Å². The third-order valence-corrected chi connectivity index (χ3v) is 4.08. The molecule has 0 bridgehead atoms. The molecular formula is C18H26O2. The molecule has 1 saturated carbocycles. The van der Waals surface area contributed by atoms with E-state index in [0.29, 0.717) is 12.5 Å². The highest BCUT2D eigenvalue weighted by Gasteiger charge is 2.42. The van der Waals surface area contributed by atoms with Crippen LogP contribution in [-0.2, 0) is 11.2 Å². The van der Waals surface area contributed by atoms with Gasteiger partial charge in [0, 0.05) is 12.2 Å². The van der Waals surface area contributed by atoms with Gasteiger partial charge in [-0.3, -0.25) is 4.79 Å². The third kappa shape index (κ3) is 3.29. The molecule has 1 aromatic carbocycles. The maximum absolute atomic E-state index is 12.9. The van der Waals surface area contributed by atoms with Crippen LogP contribution >= 0.6 is 0 Å². The van der Waals surface area contributed by atoms with Gasteiger partial charge in [-0.2, -0.15) is 0 Å². The van der Waals surface area contributed by atoms with Crippen LogP contribution in [-0.4, -0.2) is 18.0 Å². The maximum atomic E-state index is 12.9. The number of Topliss-reactive ketones (excluding diaryl/α,β-unsaturated/α-hetero) is 1. The predicted octanol–water partition coefficient (Wildman–Crippen LogP) is 4.42. The summed E-state index contributed by atoms with van der Waals surface area (Å²) in [6.07, 6.45) is 4.94. The summed E-state index contributed by atoms with van der Waals surface area (Å²) in [4.78, 5) is 12.9. The number of hydrogen-bond donors (Lipinski definition) is 0. The quantitative estimate of drug-likeness (QED) is 0.718. The standard InChI is InChI=1S/C18H26O2/c1-4-20-18(10-5-6-11-18)17(19)16-9-7-8-15(13-16)12-14(2)3/h7-9,13-14H,4-6,10-12H2,1-3H3. The van der Waals surface area contributed by atoms with E-state index in [-0.39, 0.29) is 5.78 Å². The molecule has 1 aliphatic carbocycles. The predicted molar refractivity (Wildman–Crippen MR) is 82.1 cm³/mol. The van der Waals surface area contributed by atoms with Crippen molar-refractivity contribution in [3.05, 3.63) is 35.4 Å². The van der Waals surface area contributed by atoms with Crippen LogP contribution in [0.5, 0.6) is 0 Å². The fourth-order valence-corrected chi connectivity index (χ4v) is 3.23. The van der Waals surface area contributed by atoms with Crippen molar-refractivity contribution in [2.45, 2.75) is 58.5 Å². The molecule has 1 aliphatic rings. The van der Waals surface area contributed by atoms with Crippen molar-refractivity contribution in [1.29, 1.82) is 0 Å². The Balaban J connectivity index is 2.23. The van der Waals surface area contributed by atoms with Gasteiger partial charge >= 0.3 is 0 Å². The van der Waals surface area contributed by atoms with Crippen LogP contribution in [0.4, 0.5) is 0 Å². The van der Waals surface area contributed by atoms with Crippen LogP contribution in [0.1, 0.15) is 62.4 Å². The van der Waals surface area contributed by atoms with E-state index in [2.05, 4.69) is 26.0 Å². The summed E-state index contributed by atoms with van der Waals surface area (Å²) in [6.45, 7) is 6.99. The minimum atomic E-state index is -0.550. The van der Waals surface area contributed by atoms with Crippen molar-refractivity contribution in [2.75, 3.05) is 6.61 Å². The first-order valence-corrected chi connectivity index (χ1v) is 7.85. The van der Waals surface area contributed by atoms with E-state index in [1.165, 1.54) is 5.56 Å². The van der Waals surface area contributed by atoms with Crippen molar-refractivity contribution in [1.82, 2.24) is 0 Å². The Morgan fingerprint density at radius 2 is 2.00 bits per heavy atom. The number of carbonyl (C=O) groups excluding carboxylic acids is 1. The second-order valence-corrected chi connectivity index (χ2v) is 6.26. The molecule has 0 saturated heterocycles. The topological polar surface area (TPSA) is 26.3 Å². The van der Waals surface area contributed by atoms with E-state index >= 15 is 0 Å². The monoisotopic (exact) mass is 274 g/mol. The van der Waals surface area contributed by atoms with Crippen LogP contribution < -0.4 is 0 Å². The first-order valence-electron chi connectivity index (χ1n) is 7.85. The molecular weight excluding hydrogens is 248 g/mol. The van der Waals surface area contributed by atoms with E-state index in [4.69, 9.17) is 4.74 Å². The van der Waals surface area contributed by atoms with Gasteiger partial charge in [-0.05, 0) is 56.6 Å². The average molecular weight is 274 g/mol. The van der Waals surface area contributed by atoms with Gasteiger partial charge in [0.05, 0.1) is 0 Å². The van der Waals surface area contributed by atoms with Crippen LogP contribution in [0.3, 0.4) is 0 Å². The van der Waals surface area contributed by atoms with E-state index in [1.807, 2.05) is 19.1 Å². The number of ketones is 1. The highest BCUT2D eigenvalue weighted by molar-refractivity contribution is 6.02. The Hall–Kier alpha value is -1.15. The minimum absolute atomic E-state index is 0.183. The smallest absolute Gasteiger partial charge is 0.194 e. The SMILES string of the molecule is CCOC1(C(=O)c2cccc(CC(C)C)c2)CCCC1. The lowest BCUT2D eigenvalue weighted by molar-refractivity contribution is -0.0163. The van der Waals surface area contributed by atoms with Crippen molar-refractivity contribution < 1.29 is 9.53 Å². The fourth-order valence-electron chi connectivity index (χ4n) is 3.23. The molecule has 0 aromatic heterocycles. The van der Waals surface area contributed by atoms with Crippen LogP contribution in [0, 0.1) is 5.92 Å². The molecule has 0 heterocycles. The molecule has 1 aromatic rings. The Morgan fingerprint density at radius 3 is 2.60 bits per heavy atom. The van der Waals surface area contributed by atoms with Gasteiger partial charge in [0.15, 0.2) is 5.78 Å². The van der Waals surface area contributed by atoms with Gasteiger partial charge in [-0.15, -0.1) is 0 Å². The Kier molecular flexibility index (Phi) is 4.98. The normalized spacial score (nSPS) is 17.6. The molecule has 0 N–H and O–H groups in total. The van der Waals surface area contributed by atoms with Crippen molar-refractivity contribution in [3.63, 3.8) is 0 Å². The van der Waals surface area contributed by atoms with E-state index < -0.39 is 5.60 Å². The zero-order chi connectivity index (χ0) is 14.6. The summed E-state index contributed by atoms with van der Waals surface area (Å²) in [5.74, 6) is 0.787. The lowest BCUT2D eigenvalue weighted by Crippen LogP contribution is -2.39. The summed E-state index contributed by atoms with van der Waals surface area (Å²) in [6, 6.07) is 8.10. The highest BCUT2D eigenvalue weighted by Crippen LogP contribution is 2.36. The number of carbonyl (C=O) groups is 1. The first kappa shape index (κ1) is 15.2. The Morgan fingerprint density at radius 1 is 1.30 bits per heavy atom. The van der Waals surface area contributed by atoms with Crippen molar-refractivity contribution >= 4 is 5.78 Å². The van der Waals surface area contributed by atoms with Crippen LogP contribution in [0.25, 0.3) is 0 Å². The zero-order valence-electron chi connectivity index (χ0n) is 12.9. The molecule has 0 amide bonds. The number of rotatable bonds is 6.